The van der Waals surface area contributed by atoms with E-state index >= 15 is 0 Å². The Morgan fingerprint density at radius 1 is 0.886 bits per heavy atom. The minimum Gasteiger partial charge on any atom is -0.490 e. The molecule has 2 atom stereocenters. The molecule has 0 aromatic heterocycles. The lowest BCUT2D eigenvalue weighted by Gasteiger charge is -2.27. The highest BCUT2D eigenvalue weighted by Gasteiger charge is 2.24. The van der Waals surface area contributed by atoms with Gasteiger partial charge in [-0.15, -0.1) is 11.6 Å². The van der Waals surface area contributed by atoms with Crippen LogP contribution in [0.25, 0.3) is 0 Å². The first-order valence-electron chi connectivity index (χ1n) is 11.1. The van der Waals surface area contributed by atoms with Crippen LogP contribution in [-0.2, 0) is 29.2 Å². The van der Waals surface area contributed by atoms with Gasteiger partial charge in [-0.05, 0) is 58.0 Å². The van der Waals surface area contributed by atoms with Crippen molar-refractivity contribution in [2.24, 2.45) is 0 Å². The lowest BCUT2D eigenvalue weighted by molar-refractivity contribution is -0.150. The summed E-state index contributed by atoms with van der Waals surface area (Å²) >= 11 is 8.09. The van der Waals surface area contributed by atoms with Gasteiger partial charge in [0.2, 0.25) is 0 Å². The predicted molar refractivity (Wildman–Crippen MR) is 142 cm³/mol. The minimum absolute atomic E-state index is 0.164. The first-order valence-corrected chi connectivity index (χ1v) is 12.7. The molecule has 0 amide bonds. The van der Waals surface area contributed by atoms with Crippen LogP contribution in [0.1, 0.15) is 38.8 Å². The topological polar surface area (TPSA) is 80.3 Å². The predicted octanol–water partition coefficient (Wildman–Crippen LogP) is 5.12. The Hall–Kier alpha value is -2.04. The third-order valence-corrected chi connectivity index (χ3v) is 6.47. The zero-order valence-corrected chi connectivity index (χ0v) is 23.6. The molecule has 2 aromatic carbocycles. The van der Waals surface area contributed by atoms with Gasteiger partial charge in [0.15, 0.2) is 6.10 Å². The van der Waals surface area contributed by atoms with Crippen molar-refractivity contribution in [3.63, 3.8) is 0 Å². The van der Waals surface area contributed by atoms with Gasteiger partial charge in [-0.2, -0.15) is 0 Å². The molecule has 0 N–H and O–H groups in total. The Kier molecular flexibility index (Phi) is 11.6. The van der Waals surface area contributed by atoms with E-state index in [-0.39, 0.29) is 43.1 Å². The summed E-state index contributed by atoms with van der Waals surface area (Å²) in [6.07, 6.45) is -0.967. The molecule has 0 saturated heterocycles. The highest BCUT2D eigenvalue weighted by atomic mass is 127. The van der Waals surface area contributed by atoms with Crippen LogP contribution in [0.4, 0.5) is 0 Å². The van der Waals surface area contributed by atoms with Gasteiger partial charge in [-0.25, -0.2) is 0 Å². The first kappa shape index (κ1) is 29.2. The highest BCUT2D eigenvalue weighted by Crippen LogP contribution is 2.35. The number of carbonyl (C=O) groups is 2. The van der Waals surface area contributed by atoms with Gasteiger partial charge in [0.1, 0.15) is 30.8 Å². The molecule has 7 nitrogen and oxygen atoms in total. The van der Waals surface area contributed by atoms with Gasteiger partial charge in [0.25, 0.3) is 0 Å². The van der Waals surface area contributed by atoms with Crippen LogP contribution in [0.2, 0.25) is 0 Å². The van der Waals surface area contributed by atoms with E-state index in [0.29, 0.717) is 11.5 Å². The number of carbonyl (C=O) groups excluding carboxylic acids is 2. The van der Waals surface area contributed by atoms with Gasteiger partial charge in [-0.3, -0.25) is 9.59 Å². The lowest BCUT2D eigenvalue weighted by Crippen LogP contribution is -2.28. The molecule has 0 heterocycles. The van der Waals surface area contributed by atoms with Crippen molar-refractivity contribution in [2.75, 3.05) is 32.8 Å². The van der Waals surface area contributed by atoms with Crippen molar-refractivity contribution in [1.29, 1.82) is 0 Å². The molecular formula is C26H32ClIO7. The van der Waals surface area contributed by atoms with Gasteiger partial charge in [0.05, 0.1) is 16.1 Å². The highest BCUT2D eigenvalue weighted by molar-refractivity contribution is 14.1. The summed E-state index contributed by atoms with van der Waals surface area (Å²) in [5.41, 5.74) is 1.95. The van der Waals surface area contributed by atoms with E-state index in [0.717, 1.165) is 14.7 Å². The monoisotopic (exact) mass is 618 g/mol. The number of hydrogen-bond acceptors (Lipinski definition) is 7. The number of esters is 2. The number of rotatable bonds is 13. The normalized spacial score (nSPS) is 13.0. The summed E-state index contributed by atoms with van der Waals surface area (Å²) < 4.78 is 28.0. The molecule has 0 saturated carbocycles. The molecule has 0 fully saturated rings. The van der Waals surface area contributed by atoms with E-state index in [1.807, 2.05) is 36.4 Å². The smallest absolute Gasteiger partial charge is 0.303 e. The number of halogens is 2. The van der Waals surface area contributed by atoms with Crippen molar-refractivity contribution < 1.29 is 33.3 Å². The third kappa shape index (κ3) is 9.16. The molecule has 0 aliphatic heterocycles. The standard InChI is InChI=1S/C26H32ClIO7/c1-17(29)34-22(13-27)15-33-25-11-8-20(12-24(25)28)26(3,4)19-6-9-21(10-7-19)32-16-23(14-31-5)35-18(2)30/h6-12,22-23H,13-16H2,1-5H3. The number of alkyl halides is 1. The Balaban J connectivity index is 2.06. The van der Waals surface area contributed by atoms with Gasteiger partial charge in [0, 0.05) is 26.4 Å². The van der Waals surface area contributed by atoms with E-state index < -0.39 is 12.2 Å². The Bertz CT molecular complexity index is 978. The fraction of sp³-hybridized carbons (Fsp3) is 0.462. The van der Waals surface area contributed by atoms with Crippen molar-refractivity contribution in [1.82, 2.24) is 0 Å². The summed E-state index contributed by atoms with van der Waals surface area (Å²) in [5, 5.41) is 0. The largest absolute Gasteiger partial charge is 0.490 e. The minimum atomic E-state index is -0.499. The van der Waals surface area contributed by atoms with Gasteiger partial charge >= 0.3 is 11.9 Å². The molecule has 0 spiro atoms. The summed E-state index contributed by atoms with van der Waals surface area (Å²) in [7, 11) is 1.55. The fourth-order valence-electron chi connectivity index (χ4n) is 3.39. The zero-order valence-electron chi connectivity index (χ0n) is 20.6. The Morgan fingerprint density at radius 2 is 1.46 bits per heavy atom. The van der Waals surface area contributed by atoms with E-state index in [4.69, 9.17) is 35.3 Å². The number of ether oxygens (including phenoxy) is 5. The van der Waals surface area contributed by atoms with Crippen LogP contribution in [0, 0.1) is 3.57 Å². The van der Waals surface area contributed by atoms with Crippen LogP contribution in [0.15, 0.2) is 42.5 Å². The molecule has 0 radical (unpaired) electrons. The molecule has 9 heteroatoms. The molecule has 2 aromatic rings. The van der Waals surface area contributed by atoms with E-state index in [2.05, 4.69) is 42.5 Å². The molecule has 0 aliphatic carbocycles. The Labute approximate surface area is 225 Å². The second-order valence-electron chi connectivity index (χ2n) is 8.49. The molecule has 2 unspecified atom stereocenters. The van der Waals surface area contributed by atoms with Crippen molar-refractivity contribution in [3.05, 3.63) is 57.2 Å². The number of methoxy groups -OCH3 is 1. The maximum atomic E-state index is 11.2. The van der Waals surface area contributed by atoms with Crippen LogP contribution in [0.5, 0.6) is 11.5 Å². The van der Waals surface area contributed by atoms with E-state index in [9.17, 15) is 9.59 Å². The van der Waals surface area contributed by atoms with Crippen LogP contribution in [0.3, 0.4) is 0 Å². The summed E-state index contributed by atoms with van der Waals surface area (Å²) in [5.74, 6) is 0.786. The SMILES string of the molecule is COCC(COc1ccc(C(C)(C)c2ccc(OCC(CCl)OC(C)=O)c(I)c2)cc1)OC(C)=O. The zero-order chi connectivity index (χ0) is 26.0. The average molecular weight is 619 g/mol. The van der Waals surface area contributed by atoms with Crippen LogP contribution < -0.4 is 9.47 Å². The molecule has 0 aliphatic rings. The van der Waals surface area contributed by atoms with Crippen molar-refractivity contribution >= 4 is 46.1 Å². The maximum Gasteiger partial charge on any atom is 0.303 e. The van der Waals surface area contributed by atoms with Crippen molar-refractivity contribution in [3.8, 4) is 11.5 Å². The number of benzene rings is 2. The Morgan fingerprint density at radius 3 is 2.00 bits per heavy atom. The maximum absolute atomic E-state index is 11.2. The molecular weight excluding hydrogens is 587 g/mol. The summed E-state index contributed by atoms with van der Waals surface area (Å²) in [6.45, 7) is 7.66. The lowest BCUT2D eigenvalue weighted by atomic mass is 9.78. The molecule has 35 heavy (non-hydrogen) atoms. The average Bonchev–Trinajstić information content (AvgIpc) is 2.80. The molecule has 2 rings (SSSR count). The van der Waals surface area contributed by atoms with Crippen LogP contribution in [-0.4, -0.2) is 57.0 Å². The third-order valence-electron chi connectivity index (χ3n) is 5.28. The van der Waals surface area contributed by atoms with Gasteiger partial charge in [-0.1, -0.05) is 32.0 Å². The second kappa shape index (κ2) is 13.9. The van der Waals surface area contributed by atoms with E-state index in [1.54, 1.807) is 7.11 Å². The first-order chi connectivity index (χ1) is 16.6. The second-order valence-corrected chi connectivity index (χ2v) is 9.96. The summed E-state index contributed by atoms with van der Waals surface area (Å²) in [4.78, 5) is 22.4. The molecule has 0 bridgehead atoms. The molecule has 192 valence electrons. The van der Waals surface area contributed by atoms with Crippen LogP contribution >= 0.6 is 34.2 Å². The van der Waals surface area contributed by atoms with Gasteiger partial charge < -0.3 is 23.7 Å². The van der Waals surface area contributed by atoms with E-state index in [1.165, 1.54) is 13.8 Å². The van der Waals surface area contributed by atoms with Crippen molar-refractivity contribution in [2.45, 2.75) is 45.3 Å². The quantitative estimate of drug-likeness (QED) is 0.175. The summed E-state index contributed by atoms with van der Waals surface area (Å²) in [6, 6.07) is 13.9. The fourth-order valence-corrected chi connectivity index (χ4v) is 4.22. The number of hydrogen-bond donors (Lipinski definition) is 0.